The summed E-state index contributed by atoms with van der Waals surface area (Å²) in [6.45, 7) is 12.7. The first-order valence-corrected chi connectivity index (χ1v) is 10.7. The SMILES string of the molecule is C=N/C=C\C=C/C.CC.Cc1cc2ccncc2cc1F.Cc1cc2cnccc2cc1F. The van der Waals surface area contributed by atoms with Gasteiger partial charge in [-0.05, 0) is 91.9 Å². The van der Waals surface area contributed by atoms with Crippen molar-refractivity contribution in [1.29, 1.82) is 0 Å². The molecule has 2 aromatic carbocycles. The lowest BCUT2D eigenvalue weighted by molar-refractivity contribution is 0.620. The Morgan fingerprint density at radius 1 is 0.758 bits per heavy atom. The van der Waals surface area contributed by atoms with Gasteiger partial charge in [-0.2, -0.15) is 0 Å². The number of hydrogen-bond donors (Lipinski definition) is 0. The van der Waals surface area contributed by atoms with Crippen LogP contribution in [0.25, 0.3) is 21.5 Å². The number of pyridine rings is 2. The molecule has 0 atom stereocenters. The Labute approximate surface area is 195 Å². The van der Waals surface area contributed by atoms with Crippen LogP contribution in [0.15, 0.2) is 90.6 Å². The number of nitrogens with zero attached hydrogens (tertiary/aromatic N) is 3. The second-order valence-electron chi connectivity index (χ2n) is 6.70. The Bertz CT molecular complexity index is 1050. The van der Waals surface area contributed by atoms with Gasteiger partial charge >= 0.3 is 0 Å². The summed E-state index contributed by atoms with van der Waals surface area (Å²) in [5.41, 5.74) is 1.34. The van der Waals surface area contributed by atoms with E-state index in [0.717, 1.165) is 21.5 Å². The summed E-state index contributed by atoms with van der Waals surface area (Å²) in [6.07, 6.45) is 14.1. The van der Waals surface area contributed by atoms with Crippen molar-refractivity contribution in [3.8, 4) is 0 Å². The Morgan fingerprint density at radius 2 is 1.21 bits per heavy atom. The molecule has 2 aromatic heterocycles. The van der Waals surface area contributed by atoms with Crippen molar-refractivity contribution in [2.75, 3.05) is 0 Å². The fraction of sp³-hybridized carbons (Fsp3) is 0.179. The average Bonchev–Trinajstić information content (AvgIpc) is 2.83. The summed E-state index contributed by atoms with van der Waals surface area (Å²) in [4.78, 5) is 11.4. The van der Waals surface area contributed by atoms with Crippen molar-refractivity contribution < 1.29 is 8.78 Å². The number of halogens is 2. The first-order valence-electron chi connectivity index (χ1n) is 10.7. The zero-order valence-electron chi connectivity index (χ0n) is 19.9. The highest BCUT2D eigenvalue weighted by molar-refractivity contribution is 5.82. The fourth-order valence-corrected chi connectivity index (χ4v) is 2.67. The van der Waals surface area contributed by atoms with E-state index in [0.29, 0.717) is 11.1 Å². The Balaban J connectivity index is 0.000000248. The number of fused-ring (bicyclic) bond motifs is 2. The van der Waals surface area contributed by atoms with Gasteiger partial charge < -0.3 is 0 Å². The molecule has 3 nitrogen and oxygen atoms in total. The fourth-order valence-electron chi connectivity index (χ4n) is 2.67. The zero-order chi connectivity index (χ0) is 24.6. The van der Waals surface area contributed by atoms with Crippen LogP contribution in [0.1, 0.15) is 31.9 Å². The van der Waals surface area contributed by atoms with E-state index < -0.39 is 0 Å². The number of rotatable bonds is 2. The third kappa shape index (κ3) is 9.11. The van der Waals surface area contributed by atoms with Crippen LogP contribution in [0.4, 0.5) is 8.78 Å². The first kappa shape index (κ1) is 27.3. The number of aromatic nitrogens is 2. The smallest absolute Gasteiger partial charge is 0.126 e. The number of benzene rings is 2. The third-order valence-electron chi connectivity index (χ3n) is 4.33. The van der Waals surface area contributed by atoms with Crippen LogP contribution in [0, 0.1) is 25.5 Å². The summed E-state index contributed by atoms with van der Waals surface area (Å²) < 4.78 is 26.0. The maximum Gasteiger partial charge on any atom is 0.126 e. The van der Waals surface area contributed by atoms with Crippen LogP contribution in [0.3, 0.4) is 0 Å². The summed E-state index contributed by atoms with van der Waals surface area (Å²) in [7, 11) is 0. The van der Waals surface area contributed by atoms with Crippen molar-refractivity contribution in [2.24, 2.45) is 4.99 Å². The monoisotopic (exact) mass is 447 g/mol. The molecule has 4 aromatic rings. The molecule has 0 unspecified atom stereocenters. The highest BCUT2D eigenvalue weighted by atomic mass is 19.1. The summed E-state index contributed by atoms with van der Waals surface area (Å²) in [5, 5.41) is 3.76. The molecule has 0 aliphatic heterocycles. The van der Waals surface area contributed by atoms with Gasteiger partial charge in [0.2, 0.25) is 0 Å². The van der Waals surface area contributed by atoms with Crippen LogP contribution < -0.4 is 0 Å². The minimum Gasteiger partial charge on any atom is -0.273 e. The molecule has 0 N–H and O–H groups in total. The lowest BCUT2D eigenvalue weighted by Gasteiger charge is -1.99. The number of aryl methyl sites for hydroxylation is 2. The molecule has 0 saturated carbocycles. The van der Waals surface area contributed by atoms with Crippen molar-refractivity contribution in [3.63, 3.8) is 0 Å². The maximum absolute atomic E-state index is 13.0. The van der Waals surface area contributed by atoms with Gasteiger partial charge in [0, 0.05) is 41.8 Å². The summed E-state index contributed by atoms with van der Waals surface area (Å²) in [5.74, 6) is -0.329. The molecule has 0 spiro atoms. The van der Waals surface area contributed by atoms with Gasteiger partial charge in [0.05, 0.1) is 0 Å². The molecule has 5 heteroatoms. The second-order valence-corrected chi connectivity index (χ2v) is 6.70. The van der Waals surface area contributed by atoms with E-state index in [4.69, 9.17) is 0 Å². The summed E-state index contributed by atoms with van der Waals surface area (Å²) in [6, 6.07) is 10.4. The average molecular weight is 448 g/mol. The molecule has 0 aliphatic rings. The van der Waals surface area contributed by atoms with Gasteiger partial charge in [0.25, 0.3) is 0 Å². The molecule has 33 heavy (non-hydrogen) atoms. The van der Waals surface area contributed by atoms with E-state index in [1.54, 1.807) is 57.0 Å². The van der Waals surface area contributed by atoms with Crippen molar-refractivity contribution in [2.45, 2.75) is 34.6 Å². The molecule has 0 bridgehead atoms. The minimum atomic E-state index is -0.171. The number of aliphatic imine (C=N–C) groups is 1. The lowest BCUT2D eigenvalue weighted by atomic mass is 10.1. The molecule has 2 heterocycles. The van der Waals surface area contributed by atoms with E-state index in [-0.39, 0.29) is 11.6 Å². The van der Waals surface area contributed by atoms with Gasteiger partial charge in [-0.1, -0.05) is 26.0 Å². The van der Waals surface area contributed by atoms with E-state index >= 15 is 0 Å². The van der Waals surface area contributed by atoms with Crippen molar-refractivity contribution in [3.05, 3.63) is 108 Å². The molecule has 0 radical (unpaired) electrons. The van der Waals surface area contributed by atoms with E-state index in [1.807, 2.05) is 51.1 Å². The molecular weight excluding hydrogens is 416 g/mol. The van der Waals surface area contributed by atoms with Gasteiger partial charge in [-0.25, -0.2) is 8.78 Å². The summed E-state index contributed by atoms with van der Waals surface area (Å²) >= 11 is 0. The molecule has 0 saturated heterocycles. The van der Waals surface area contributed by atoms with Crippen LogP contribution in [0.2, 0.25) is 0 Å². The number of allylic oxidation sites excluding steroid dienone is 3. The van der Waals surface area contributed by atoms with E-state index in [2.05, 4.69) is 21.7 Å². The van der Waals surface area contributed by atoms with Crippen LogP contribution in [0.5, 0.6) is 0 Å². The van der Waals surface area contributed by atoms with Crippen LogP contribution in [-0.2, 0) is 0 Å². The maximum atomic E-state index is 13.0. The topological polar surface area (TPSA) is 38.1 Å². The van der Waals surface area contributed by atoms with E-state index in [1.165, 1.54) is 12.1 Å². The van der Waals surface area contributed by atoms with E-state index in [9.17, 15) is 8.78 Å². The van der Waals surface area contributed by atoms with Gasteiger partial charge in [-0.15, -0.1) is 0 Å². The molecule has 172 valence electrons. The van der Waals surface area contributed by atoms with Gasteiger partial charge in [0.1, 0.15) is 11.6 Å². The van der Waals surface area contributed by atoms with Gasteiger partial charge in [0.15, 0.2) is 0 Å². The van der Waals surface area contributed by atoms with Crippen LogP contribution in [-0.4, -0.2) is 16.7 Å². The van der Waals surface area contributed by atoms with Gasteiger partial charge in [-0.3, -0.25) is 15.0 Å². The van der Waals surface area contributed by atoms with Crippen LogP contribution >= 0.6 is 0 Å². The first-order chi connectivity index (χ1) is 16.0. The Morgan fingerprint density at radius 3 is 1.73 bits per heavy atom. The molecule has 0 aliphatic carbocycles. The minimum absolute atomic E-state index is 0.159. The largest absolute Gasteiger partial charge is 0.273 e. The predicted molar refractivity (Wildman–Crippen MR) is 138 cm³/mol. The lowest BCUT2D eigenvalue weighted by Crippen LogP contribution is -1.83. The predicted octanol–water partition coefficient (Wildman–Crippen LogP) is 8.17. The molecular formula is C28H31F2N3. The standard InChI is InChI=1S/2C10H8FN.C6H9N.C2H6/c1-7-4-9-6-12-3-2-8(9)5-10(7)11;1-7-4-8-2-3-12-6-9(8)5-10(7)11;1-3-4-5-6-7-2;1-2/h2*2-6H,1H3;3-6H,2H2,1H3;1-2H3/b;;4-3-,6-5-;. The normalized spacial score (nSPS) is 10.2. The highest BCUT2D eigenvalue weighted by Gasteiger charge is 1.99. The quantitative estimate of drug-likeness (QED) is 0.230. The highest BCUT2D eigenvalue weighted by Crippen LogP contribution is 2.17. The third-order valence-corrected chi connectivity index (χ3v) is 4.33. The second kappa shape index (κ2) is 15.1. The van der Waals surface area contributed by atoms with Crippen molar-refractivity contribution >= 4 is 28.3 Å². The number of hydrogen-bond acceptors (Lipinski definition) is 3. The Hall–Kier alpha value is -3.73. The molecule has 4 rings (SSSR count). The Kier molecular flexibility index (Phi) is 12.5. The molecule has 0 fully saturated rings. The zero-order valence-corrected chi connectivity index (χ0v) is 19.9. The molecule has 0 amide bonds. The van der Waals surface area contributed by atoms with Crippen molar-refractivity contribution in [1.82, 2.24) is 9.97 Å².